The molecule has 0 radical (unpaired) electrons. The summed E-state index contributed by atoms with van der Waals surface area (Å²) in [6.45, 7) is 4.96. The molecule has 0 saturated carbocycles. The highest BCUT2D eigenvalue weighted by molar-refractivity contribution is 5.83. The largest absolute Gasteiger partial charge is 0.361 e. The number of pyridine rings is 1. The summed E-state index contributed by atoms with van der Waals surface area (Å²) in [5.74, 6) is 0.841. The molecule has 4 rings (SSSR count). The topological polar surface area (TPSA) is 71.3 Å². The number of nitrogens with zero attached hydrogens (tertiary/aromatic N) is 3. The predicted molar refractivity (Wildman–Crippen MR) is 116 cm³/mol. The van der Waals surface area contributed by atoms with Crippen molar-refractivity contribution in [3.63, 3.8) is 0 Å². The van der Waals surface area contributed by atoms with Crippen LogP contribution in [0.3, 0.4) is 0 Å². The van der Waals surface area contributed by atoms with Gasteiger partial charge in [0.1, 0.15) is 11.5 Å². The number of hydrogen-bond donors (Lipinski definition) is 1. The monoisotopic (exact) mass is 404 g/mol. The van der Waals surface area contributed by atoms with E-state index in [0.29, 0.717) is 19.5 Å². The van der Waals surface area contributed by atoms with Crippen LogP contribution in [0, 0.1) is 5.41 Å². The smallest absolute Gasteiger partial charge is 0.227 e. The number of piperidine rings is 1. The third kappa shape index (κ3) is 4.60. The van der Waals surface area contributed by atoms with Gasteiger partial charge in [0.05, 0.1) is 11.1 Å². The molecule has 0 bridgehead atoms. The molecule has 2 aromatic heterocycles. The lowest BCUT2D eigenvalue weighted by Crippen LogP contribution is -2.52. The molecule has 1 fully saturated rings. The summed E-state index contributed by atoms with van der Waals surface area (Å²) in [4.78, 5) is 20.0. The summed E-state index contributed by atoms with van der Waals surface area (Å²) in [6, 6.07) is 17.9. The Hall–Kier alpha value is -2.99. The Bertz CT molecular complexity index is 958. The fourth-order valence-corrected chi connectivity index (χ4v) is 4.32. The molecule has 0 aliphatic carbocycles. The number of rotatable bonds is 7. The zero-order valence-corrected chi connectivity index (χ0v) is 17.4. The van der Waals surface area contributed by atoms with E-state index in [1.807, 2.05) is 67.7 Å². The molecule has 3 aromatic rings. The van der Waals surface area contributed by atoms with Gasteiger partial charge in [0.2, 0.25) is 5.91 Å². The van der Waals surface area contributed by atoms with Crippen LogP contribution in [0.4, 0.5) is 0 Å². The van der Waals surface area contributed by atoms with Crippen LogP contribution in [-0.2, 0) is 17.8 Å². The molecule has 1 amide bonds. The summed E-state index contributed by atoms with van der Waals surface area (Å²) in [6.07, 6.45) is 4.15. The Morgan fingerprint density at radius 1 is 1.20 bits per heavy atom. The van der Waals surface area contributed by atoms with Crippen LogP contribution in [0.15, 0.2) is 65.3 Å². The maximum absolute atomic E-state index is 13.2. The molecular formula is C24H28N4O2. The van der Waals surface area contributed by atoms with Crippen LogP contribution in [0.2, 0.25) is 0 Å². The molecule has 1 aliphatic rings. The molecule has 0 unspecified atom stereocenters. The Morgan fingerprint density at radius 3 is 2.80 bits per heavy atom. The van der Waals surface area contributed by atoms with Gasteiger partial charge in [-0.1, -0.05) is 41.6 Å². The van der Waals surface area contributed by atoms with Gasteiger partial charge in [-0.05, 0) is 38.4 Å². The van der Waals surface area contributed by atoms with Gasteiger partial charge >= 0.3 is 0 Å². The third-order valence-electron chi connectivity index (χ3n) is 5.73. The molecule has 156 valence electrons. The molecule has 1 aromatic carbocycles. The molecule has 1 saturated heterocycles. The molecule has 30 heavy (non-hydrogen) atoms. The minimum absolute atomic E-state index is 0.0911. The van der Waals surface area contributed by atoms with Crippen molar-refractivity contribution in [2.45, 2.75) is 32.7 Å². The van der Waals surface area contributed by atoms with Gasteiger partial charge < -0.3 is 9.84 Å². The predicted octanol–water partition coefficient (Wildman–Crippen LogP) is 3.70. The minimum Gasteiger partial charge on any atom is -0.361 e. The van der Waals surface area contributed by atoms with Crippen LogP contribution >= 0.6 is 0 Å². The molecule has 6 nitrogen and oxygen atoms in total. The Labute approximate surface area is 177 Å². The molecule has 1 atom stereocenters. The lowest BCUT2D eigenvalue weighted by molar-refractivity contribution is -0.134. The van der Waals surface area contributed by atoms with E-state index in [9.17, 15) is 4.79 Å². The van der Waals surface area contributed by atoms with Gasteiger partial charge in [-0.3, -0.25) is 14.7 Å². The number of hydrogen-bond acceptors (Lipinski definition) is 5. The second-order valence-corrected chi connectivity index (χ2v) is 8.00. The van der Waals surface area contributed by atoms with E-state index < -0.39 is 5.41 Å². The van der Waals surface area contributed by atoms with Crippen molar-refractivity contribution < 1.29 is 9.32 Å². The highest BCUT2D eigenvalue weighted by Crippen LogP contribution is 2.35. The number of nitrogens with one attached hydrogen (secondary N) is 1. The Morgan fingerprint density at radius 2 is 2.03 bits per heavy atom. The first kappa shape index (κ1) is 20.3. The average molecular weight is 405 g/mol. The van der Waals surface area contributed by atoms with Crippen molar-refractivity contribution in [2.75, 3.05) is 19.6 Å². The van der Waals surface area contributed by atoms with Crippen LogP contribution < -0.4 is 5.32 Å². The Kier molecular flexibility index (Phi) is 6.23. The first-order valence-electron chi connectivity index (χ1n) is 10.6. The van der Waals surface area contributed by atoms with E-state index in [1.165, 1.54) is 0 Å². The van der Waals surface area contributed by atoms with Crippen LogP contribution in [0.5, 0.6) is 0 Å². The number of carbonyl (C=O) groups is 1. The van der Waals surface area contributed by atoms with E-state index in [4.69, 9.17) is 4.52 Å². The van der Waals surface area contributed by atoms with Gasteiger partial charge in [0.25, 0.3) is 0 Å². The second kappa shape index (κ2) is 9.22. The SMILES string of the molecule is CCNC(=O)[C@@]1(Cc2cc(-c3ccccc3)no2)CCCN(Cc2ccccn2)C1. The number of likely N-dealkylation sites (tertiary alicyclic amines) is 1. The normalized spacial score (nSPS) is 19.5. The third-order valence-corrected chi connectivity index (χ3v) is 5.73. The fraction of sp³-hybridized carbons (Fsp3) is 0.375. The van der Waals surface area contributed by atoms with Crippen molar-refractivity contribution in [3.05, 3.63) is 72.2 Å². The fourth-order valence-electron chi connectivity index (χ4n) is 4.32. The first-order chi connectivity index (χ1) is 14.7. The molecule has 1 aliphatic heterocycles. The van der Waals surface area contributed by atoms with Gasteiger partial charge in [0, 0.05) is 43.9 Å². The summed E-state index contributed by atoms with van der Waals surface area (Å²) in [7, 11) is 0. The van der Waals surface area contributed by atoms with Crippen molar-refractivity contribution in [2.24, 2.45) is 5.41 Å². The van der Waals surface area contributed by atoms with E-state index in [2.05, 4.69) is 20.4 Å². The van der Waals surface area contributed by atoms with Gasteiger partial charge in [-0.25, -0.2) is 0 Å². The van der Waals surface area contributed by atoms with E-state index >= 15 is 0 Å². The van der Waals surface area contributed by atoms with Gasteiger partial charge in [-0.15, -0.1) is 0 Å². The zero-order valence-electron chi connectivity index (χ0n) is 17.4. The van der Waals surface area contributed by atoms with E-state index in [-0.39, 0.29) is 5.91 Å². The Balaban J connectivity index is 1.55. The molecule has 1 N–H and O–H groups in total. The van der Waals surface area contributed by atoms with Crippen LogP contribution in [-0.4, -0.2) is 40.6 Å². The van der Waals surface area contributed by atoms with Crippen molar-refractivity contribution in [1.82, 2.24) is 20.4 Å². The number of benzene rings is 1. The summed E-state index contributed by atoms with van der Waals surface area (Å²) < 4.78 is 5.67. The quantitative estimate of drug-likeness (QED) is 0.650. The average Bonchev–Trinajstić information content (AvgIpc) is 3.24. The molecular weight excluding hydrogens is 376 g/mol. The first-order valence-corrected chi connectivity index (χ1v) is 10.6. The second-order valence-electron chi connectivity index (χ2n) is 8.00. The van der Waals surface area contributed by atoms with Crippen LogP contribution in [0.1, 0.15) is 31.2 Å². The molecule has 0 spiro atoms. The van der Waals surface area contributed by atoms with Crippen molar-refractivity contribution in [3.8, 4) is 11.3 Å². The highest BCUT2D eigenvalue weighted by atomic mass is 16.5. The van der Waals surface area contributed by atoms with E-state index in [0.717, 1.165) is 48.6 Å². The maximum Gasteiger partial charge on any atom is 0.227 e. The van der Waals surface area contributed by atoms with Crippen molar-refractivity contribution in [1.29, 1.82) is 0 Å². The van der Waals surface area contributed by atoms with Crippen molar-refractivity contribution >= 4 is 5.91 Å². The standard InChI is InChI=1S/C24H28N4O2/c1-2-25-23(29)24(12-8-14-28(18-24)17-20-11-6-7-13-26-20)16-21-15-22(27-30-21)19-9-4-3-5-10-19/h3-7,9-11,13,15H,2,8,12,14,16-18H2,1H3,(H,25,29)/t24-/m1/s1. The highest BCUT2D eigenvalue weighted by Gasteiger charge is 2.43. The summed E-state index contributed by atoms with van der Waals surface area (Å²) in [5.41, 5.74) is 2.31. The lowest BCUT2D eigenvalue weighted by atomic mass is 9.75. The van der Waals surface area contributed by atoms with Gasteiger partial charge in [-0.2, -0.15) is 0 Å². The molecule has 3 heterocycles. The zero-order chi connectivity index (χ0) is 20.8. The summed E-state index contributed by atoms with van der Waals surface area (Å²) >= 11 is 0. The van der Waals surface area contributed by atoms with Crippen LogP contribution in [0.25, 0.3) is 11.3 Å². The number of carbonyl (C=O) groups excluding carboxylic acids is 1. The number of amides is 1. The maximum atomic E-state index is 13.2. The minimum atomic E-state index is -0.531. The lowest BCUT2D eigenvalue weighted by Gasteiger charge is -2.41. The summed E-state index contributed by atoms with van der Waals surface area (Å²) in [5, 5.41) is 7.30. The number of aromatic nitrogens is 2. The molecule has 6 heteroatoms. The van der Waals surface area contributed by atoms with Gasteiger partial charge in [0.15, 0.2) is 0 Å². The van der Waals surface area contributed by atoms with E-state index in [1.54, 1.807) is 0 Å².